The first-order chi connectivity index (χ1) is 11.2. The van der Waals surface area contributed by atoms with Crippen LogP contribution < -0.4 is 0 Å². The summed E-state index contributed by atoms with van der Waals surface area (Å²) in [6, 6.07) is 12.6. The average molecular weight is 339 g/mol. The Hall–Kier alpha value is -1.91. The molecule has 0 aliphatic carbocycles. The van der Waals surface area contributed by atoms with E-state index in [1.54, 1.807) is 22.7 Å². The van der Waals surface area contributed by atoms with E-state index in [9.17, 15) is 4.79 Å². The highest BCUT2D eigenvalue weighted by molar-refractivity contribution is 7.12. The number of benzene rings is 1. The van der Waals surface area contributed by atoms with Crippen molar-refractivity contribution in [3.05, 3.63) is 68.0 Å². The summed E-state index contributed by atoms with van der Waals surface area (Å²) >= 11 is 3.35. The third kappa shape index (κ3) is 2.73. The molecule has 1 aromatic carbocycles. The van der Waals surface area contributed by atoms with Gasteiger partial charge in [0.1, 0.15) is 0 Å². The highest BCUT2D eigenvalue weighted by atomic mass is 32.1. The van der Waals surface area contributed by atoms with E-state index in [1.807, 2.05) is 10.3 Å². The van der Waals surface area contributed by atoms with Crippen molar-refractivity contribution in [2.45, 2.75) is 19.9 Å². The lowest BCUT2D eigenvalue weighted by Crippen LogP contribution is -2.35. The smallest absolute Gasteiger partial charge is 0.264 e. The summed E-state index contributed by atoms with van der Waals surface area (Å²) in [7, 11) is 0. The largest absolute Gasteiger partial charge is 0.333 e. The van der Waals surface area contributed by atoms with Gasteiger partial charge in [0.2, 0.25) is 0 Å². The fourth-order valence-electron chi connectivity index (χ4n) is 3.00. The number of amides is 1. The second-order valence-electron chi connectivity index (χ2n) is 5.88. The topological polar surface area (TPSA) is 20.3 Å². The maximum Gasteiger partial charge on any atom is 0.264 e. The number of aryl methyl sites for hydroxylation is 1. The Morgan fingerprint density at radius 2 is 1.83 bits per heavy atom. The molecule has 1 aliphatic heterocycles. The summed E-state index contributed by atoms with van der Waals surface area (Å²) in [4.78, 5) is 17.3. The van der Waals surface area contributed by atoms with Gasteiger partial charge in [-0.2, -0.15) is 0 Å². The minimum absolute atomic E-state index is 0.160. The number of carbonyl (C=O) groups is 1. The first-order valence-corrected chi connectivity index (χ1v) is 9.47. The summed E-state index contributed by atoms with van der Waals surface area (Å²) in [5.74, 6) is 0.160. The predicted octanol–water partition coefficient (Wildman–Crippen LogP) is 4.98. The number of hydrogen-bond donors (Lipinski definition) is 0. The molecule has 1 aliphatic rings. The first kappa shape index (κ1) is 14.7. The number of thiophene rings is 2. The van der Waals surface area contributed by atoms with Crippen molar-refractivity contribution in [2.24, 2.45) is 0 Å². The van der Waals surface area contributed by atoms with Gasteiger partial charge >= 0.3 is 0 Å². The third-order valence-corrected chi connectivity index (χ3v) is 6.24. The Morgan fingerprint density at radius 3 is 2.65 bits per heavy atom. The number of nitrogens with zero attached hydrogens (tertiary/aromatic N) is 1. The zero-order valence-electron chi connectivity index (χ0n) is 12.9. The van der Waals surface area contributed by atoms with Gasteiger partial charge in [-0.15, -0.1) is 22.7 Å². The molecule has 0 fully saturated rings. The second-order valence-corrected chi connectivity index (χ2v) is 7.79. The summed E-state index contributed by atoms with van der Waals surface area (Å²) < 4.78 is 0. The van der Waals surface area contributed by atoms with Crippen molar-refractivity contribution in [3.8, 4) is 11.1 Å². The van der Waals surface area contributed by atoms with Gasteiger partial charge in [-0.25, -0.2) is 0 Å². The molecule has 3 aromatic rings. The molecule has 3 heterocycles. The average Bonchev–Trinajstić information content (AvgIpc) is 3.23. The number of fused-ring (bicyclic) bond motifs is 1. The van der Waals surface area contributed by atoms with Crippen LogP contribution in [0.1, 0.15) is 25.7 Å². The molecule has 0 radical (unpaired) electrons. The third-order valence-electron chi connectivity index (χ3n) is 4.32. The molecule has 116 valence electrons. The van der Waals surface area contributed by atoms with Crippen molar-refractivity contribution in [3.63, 3.8) is 0 Å². The molecule has 0 saturated carbocycles. The van der Waals surface area contributed by atoms with E-state index in [-0.39, 0.29) is 5.91 Å². The lowest BCUT2D eigenvalue weighted by atomic mass is 10.0. The Kier molecular flexibility index (Phi) is 3.79. The molecule has 0 atom stereocenters. The molecule has 0 saturated heterocycles. The Bertz CT molecular complexity index is 844. The van der Waals surface area contributed by atoms with E-state index in [2.05, 4.69) is 48.7 Å². The van der Waals surface area contributed by atoms with Crippen molar-refractivity contribution >= 4 is 28.6 Å². The van der Waals surface area contributed by atoms with E-state index >= 15 is 0 Å². The summed E-state index contributed by atoms with van der Waals surface area (Å²) in [5, 5.41) is 4.14. The zero-order chi connectivity index (χ0) is 15.8. The van der Waals surface area contributed by atoms with Crippen LogP contribution in [0.15, 0.2) is 47.2 Å². The van der Waals surface area contributed by atoms with Crippen LogP contribution in [0.5, 0.6) is 0 Å². The van der Waals surface area contributed by atoms with Gasteiger partial charge in [-0.3, -0.25) is 4.79 Å². The molecule has 2 aromatic heterocycles. The minimum Gasteiger partial charge on any atom is -0.333 e. The normalized spacial score (nSPS) is 13.9. The molecule has 0 spiro atoms. The van der Waals surface area contributed by atoms with Gasteiger partial charge < -0.3 is 4.90 Å². The van der Waals surface area contributed by atoms with Gasteiger partial charge in [0.05, 0.1) is 4.88 Å². The van der Waals surface area contributed by atoms with E-state index in [0.717, 1.165) is 35.5 Å². The quantitative estimate of drug-likeness (QED) is 0.644. The predicted molar refractivity (Wildman–Crippen MR) is 97.3 cm³/mol. The fraction of sp³-hybridized carbons (Fsp3) is 0.211. The van der Waals surface area contributed by atoms with E-state index in [0.29, 0.717) is 0 Å². The summed E-state index contributed by atoms with van der Waals surface area (Å²) in [5.41, 5.74) is 4.71. The van der Waals surface area contributed by atoms with Crippen LogP contribution in [0, 0.1) is 6.92 Å². The van der Waals surface area contributed by atoms with Crippen LogP contribution >= 0.6 is 22.7 Å². The standard InChI is InChI=1S/C19H17NOS2/c1-13-2-4-14(5-3-13)16-8-11-23-18(16)19(21)20-9-6-17-15(12-20)7-10-22-17/h2-5,7-8,10-11H,6,9,12H2,1H3. The molecule has 0 unspecified atom stereocenters. The van der Waals surface area contributed by atoms with Gasteiger partial charge in [-0.1, -0.05) is 29.8 Å². The lowest BCUT2D eigenvalue weighted by molar-refractivity contribution is 0.0741. The molecular formula is C19H17NOS2. The van der Waals surface area contributed by atoms with E-state index < -0.39 is 0 Å². The number of hydrogen-bond acceptors (Lipinski definition) is 3. The van der Waals surface area contributed by atoms with Crippen LogP contribution in [0.3, 0.4) is 0 Å². The first-order valence-electron chi connectivity index (χ1n) is 7.71. The highest BCUT2D eigenvalue weighted by Gasteiger charge is 2.25. The molecular weight excluding hydrogens is 322 g/mol. The second kappa shape index (κ2) is 5.95. The lowest BCUT2D eigenvalue weighted by Gasteiger charge is -2.27. The van der Waals surface area contributed by atoms with Gasteiger partial charge in [0, 0.05) is 23.5 Å². The van der Waals surface area contributed by atoms with Gasteiger partial charge in [0.15, 0.2) is 0 Å². The van der Waals surface area contributed by atoms with E-state index in [4.69, 9.17) is 0 Å². The molecule has 4 rings (SSSR count). The molecule has 0 bridgehead atoms. The Labute approximate surface area is 144 Å². The van der Waals surface area contributed by atoms with E-state index in [1.165, 1.54) is 16.0 Å². The number of carbonyl (C=O) groups excluding carboxylic acids is 1. The van der Waals surface area contributed by atoms with Crippen molar-refractivity contribution < 1.29 is 4.79 Å². The van der Waals surface area contributed by atoms with Crippen LogP contribution in [-0.4, -0.2) is 17.4 Å². The monoisotopic (exact) mass is 339 g/mol. The summed E-state index contributed by atoms with van der Waals surface area (Å²) in [6.07, 6.45) is 0.976. The molecule has 0 N–H and O–H groups in total. The Morgan fingerprint density at radius 1 is 1.04 bits per heavy atom. The van der Waals surface area contributed by atoms with Gasteiger partial charge in [0.25, 0.3) is 5.91 Å². The van der Waals surface area contributed by atoms with Crippen LogP contribution in [0.2, 0.25) is 0 Å². The van der Waals surface area contributed by atoms with Crippen LogP contribution in [0.4, 0.5) is 0 Å². The van der Waals surface area contributed by atoms with Crippen LogP contribution in [0.25, 0.3) is 11.1 Å². The Balaban J connectivity index is 1.63. The molecule has 23 heavy (non-hydrogen) atoms. The minimum atomic E-state index is 0.160. The molecule has 1 amide bonds. The maximum absolute atomic E-state index is 13.0. The molecule has 2 nitrogen and oxygen atoms in total. The van der Waals surface area contributed by atoms with Crippen LogP contribution in [-0.2, 0) is 13.0 Å². The fourth-order valence-corrected chi connectivity index (χ4v) is 4.77. The zero-order valence-corrected chi connectivity index (χ0v) is 14.5. The van der Waals surface area contributed by atoms with Crippen molar-refractivity contribution in [1.82, 2.24) is 4.90 Å². The molecule has 4 heteroatoms. The van der Waals surface area contributed by atoms with Gasteiger partial charge in [-0.05, 0) is 47.4 Å². The SMILES string of the molecule is Cc1ccc(-c2ccsc2C(=O)N2CCc3sccc3C2)cc1. The van der Waals surface area contributed by atoms with Crippen molar-refractivity contribution in [2.75, 3.05) is 6.54 Å². The number of rotatable bonds is 2. The maximum atomic E-state index is 13.0. The summed E-state index contributed by atoms with van der Waals surface area (Å²) in [6.45, 7) is 3.64. The van der Waals surface area contributed by atoms with Crippen molar-refractivity contribution in [1.29, 1.82) is 0 Å². The highest BCUT2D eigenvalue weighted by Crippen LogP contribution is 2.32.